The quantitative estimate of drug-likeness (QED) is 0.664. The number of carbonyl (C=O) groups excluding carboxylic acids is 2. The van der Waals surface area contributed by atoms with Gasteiger partial charge in [0.2, 0.25) is 11.8 Å². The first-order chi connectivity index (χ1) is 10.1. The molecule has 0 unspecified atom stereocenters. The number of aliphatic hydroxyl groups excluding tert-OH is 1. The SMILES string of the molecule is O=C1CCCCC(=O)N1Cc1ccc(F)c(C#CCO)c1. The Labute approximate surface area is 122 Å². The topological polar surface area (TPSA) is 57.6 Å². The van der Waals surface area contributed by atoms with E-state index in [9.17, 15) is 14.0 Å². The summed E-state index contributed by atoms with van der Waals surface area (Å²) >= 11 is 0. The molecule has 0 atom stereocenters. The lowest BCUT2D eigenvalue weighted by molar-refractivity contribution is -0.144. The van der Waals surface area contributed by atoms with E-state index in [4.69, 9.17) is 5.11 Å². The van der Waals surface area contributed by atoms with Crippen LogP contribution in [0.15, 0.2) is 18.2 Å². The molecule has 2 rings (SSSR count). The van der Waals surface area contributed by atoms with Gasteiger partial charge in [-0.15, -0.1) is 0 Å². The van der Waals surface area contributed by atoms with Crippen LogP contribution in [0.5, 0.6) is 0 Å². The van der Waals surface area contributed by atoms with Gasteiger partial charge in [0, 0.05) is 12.8 Å². The first-order valence-corrected chi connectivity index (χ1v) is 6.83. The molecule has 1 aliphatic heterocycles. The summed E-state index contributed by atoms with van der Waals surface area (Å²) in [6.07, 6.45) is 2.17. The summed E-state index contributed by atoms with van der Waals surface area (Å²) in [6, 6.07) is 4.29. The van der Waals surface area contributed by atoms with Gasteiger partial charge in [0.1, 0.15) is 12.4 Å². The molecule has 1 aromatic rings. The standard InChI is InChI=1S/C16H16FNO3/c17-14-8-7-12(10-13(14)4-3-9-19)11-18-15(20)5-1-2-6-16(18)21/h7-8,10,19H,1-2,5-6,9,11H2. The summed E-state index contributed by atoms with van der Waals surface area (Å²) in [5.41, 5.74) is 0.790. The monoisotopic (exact) mass is 289 g/mol. The fourth-order valence-electron chi connectivity index (χ4n) is 2.22. The summed E-state index contributed by atoms with van der Waals surface area (Å²) in [6.45, 7) is -0.224. The molecule has 21 heavy (non-hydrogen) atoms. The van der Waals surface area contributed by atoms with Crippen LogP contribution in [0.1, 0.15) is 36.8 Å². The molecule has 0 bridgehead atoms. The number of amides is 2. The predicted molar refractivity (Wildman–Crippen MR) is 74.4 cm³/mol. The Morgan fingerprint density at radius 1 is 1.19 bits per heavy atom. The number of likely N-dealkylation sites (tertiary alicyclic amines) is 1. The molecule has 0 spiro atoms. The summed E-state index contributed by atoms with van der Waals surface area (Å²) < 4.78 is 13.6. The summed E-state index contributed by atoms with van der Waals surface area (Å²) in [4.78, 5) is 25.1. The van der Waals surface area contributed by atoms with E-state index in [1.165, 1.54) is 23.1 Å². The van der Waals surface area contributed by atoms with Crippen LogP contribution in [0.2, 0.25) is 0 Å². The van der Waals surface area contributed by atoms with Gasteiger partial charge in [-0.2, -0.15) is 0 Å². The van der Waals surface area contributed by atoms with Gasteiger partial charge in [0.15, 0.2) is 0 Å². The second-order valence-corrected chi connectivity index (χ2v) is 4.85. The molecule has 1 fully saturated rings. The van der Waals surface area contributed by atoms with E-state index in [1.54, 1.807) is 0 Å². The van der Waals surface area contributed by atoms with E-state index in [2.05, 4.69) is 11.8 Å². The summed E-state index contributed by atoms with van der Waals surface area (Å²) in [5.74, 6) is 4.02. The Bertz CT molecular complexity index is 598. The molecule has 1 heterocycles. The van der Waals surface area contributed by atoms with E-state index in [0.717, 1.165) is 12.8 Å². The predicted octanol–water partition coefficient (Wildman–Crippen LogP) is 1.60. The number of benzene rings is 1. The van der Waals surface area contributed by atoms with Gasteiger partial charge in [-0.05, 0) is 30.5 Å². The maximum Gasteiger partial charge on any atom is 0.229 e. The Morgan fingerprint density at radius 3 is 2.48 bits per heavy atom. The Hall–Kier alpha value is -2.19. The molecule has 1 aromatic carbocycles. The van der Waals surface area contributed by atoms with Crippen LogP contribution in [-0.4, -0.2) is 28.4 Å². The maximum atomic E-state index is 13.6. The van der Waals surface area contributed by atoms with Crippen molar-refractivity contribution in [1.29, 1.82) is 0 Å². The highest BCUT2D eigenvalue weighted by molar-refractivity contribution is 5.95. The largest absolute Gasteiger partial charge is 0.384 e. The van der Waals surface area contributed by atoms with E-state index < -0.39 is 5.82 Å². The lowest BCUT2D eigenvalue weighted by Gasteiger charge is -2.18. The van der Waals surface area contributed by atoms with Crippen molar-refractivity contribution < 1.29 is 19.1 Å². The Morgan fingerprint density at radius 2 is 1.86 bits per heavy atom. The van der Waals surface area contributed by atoms with Crippen molar-refractivity contribution in [3.05, 3.63) is 35.1 Å². The number of aliphatic hydroxyl groups is 1. The van der Waals surface area contributed by atoms with Crippen LogP contribution in [0.3, 0.4) is 0 Å². The first kappa shape index (κ1) is 15.2. The zero-order valence-electron chi connectivity index (χ0n) is 11.6. The van der Waals surface area contributed by atoms with Gasteiger partial charge in [0.05, 0.1) is 12.1 Å². The van der Waals surface area contributed by atoms with Crippen LogP contribution in [0, 0.1) is 17.7 Å². The Kier molecular flexibility index (Phi) is 5.07. The third-order valence-corrected chi connectivity index (χ3v) is 3.31. The fourth-order valence-corrected chi connectivity index (χ4v) is 2.22. The van der Waals surface area contributed by atoms with Crippen molar-refractivity contribution in [1.82, 2.24) is 4.90 Å². The lowest BCUT2D eigenvalue weighted by atomic mass is 10.1. The van der Waals surface area contributed by atoms with Crippen molar-refractivity contribution >= 4 is 11.8 Å². The molecule has 0 aromatic heterocycles. The van der Waals surface area contributed by atoms with Crippen LogP contribution < -0.4 is 0 Å². The summed E-state index contributed by atoms with van der Waals surface area (Å²) in [7, 11) is 0. The minimum absolute atomic E-state index is 0.131. The molecule has 0 aliphatic carbocycles. The number of rotatable bonds is 2. The van der Waals surface area contributed by atoms with E-state index >= 15 is 0 Å². The molecule has 1 aliphatic rings. The summed E-state index contributed by atoms with van der Waals surface area (Å²) in [5, 5.41) is 8.66. The molecule has 4 nitrogen and oxygen atoms in total. The van der Waals surface area contributed by atoms with Gasteiger partial charge >= 0.3 is 0 Å². The van der Waals surface area contributed by atoms with Gasteiger partial charge in [-0.3, -0.25) is 14.5 Å². The number of hydrogen-bond acceptors (Lipinski definition) is 3. The van der Waals surface area contributed by atoms with Gasteiger partial charge < -0.3 is 5.11 Å². The second-order valence-electron chi connectivity index (χ2n) is 4.85. The number of nitrogens with zero attached hydrogens (tertiary/aromatic N) is 1. The maximum absolute atomic E-state index is 13.6. The molecule has 1 N–H and O–H groups in total. The fraction of sp³-hybridized carbons (Fsp3) is 0.375. The average molecular weight is 289 g/mol. The normalized spacial score (nSPS) is 15.4. The van der Waals surface area contributed by atoms with Crippen LogP contribution in [-0.2, 0) is 16.1 Å². The number of imide groups is 1. The number of carbonyl (C=O) groups is 2. The number of halogens is 1. The highest BCUT2D eigenvalue weighted by Gasteiger charge is 2.24. The van der Waals surface area contributed by atoms with E-state index in [-0.39, 0.29) is 30.5 Å². The molecule has 0 radical (unpaired) electrons. The number of hydrogen-bond donors (Lipinski definition) is 1. The highest BCUT2D eigenvalue weighted by Crippen LogP contribution is 2.17. The van der Waals surface area contributed by atoms with Crippen LogP contribution in [0.25, 0.3) is 0 Å². The van der Waals surface area contributed by atoms with Crippen molar-refractivity contribution in [2.75, 3.05) is 6.61 Å². The van der Waals surface area contributed by atoms with Crippen molar-refractivity contribution in [3.63, 3.8) is 0 Å². The lowest BCUT2D eigenvalue weighted by Crippen LogP contribution is -2.34. The smallest absolute Gasteiger partial charge is 0.229 e. The third kappa shape index (κ3) is 3.89. The zero-order valence-corrected chi connectivity index (χ0v) is 11.6. The van der Waals surface area contributed by atoms with Crippen molar-refractivity contribution in [2.24, 2.45) is 0 Å². The molecule has 110 valence electrons. The van der Waals surface area contributed by atoms with E-state index in [1.807, 2.05) is 0 Å². The minimum Gasteiger partial charge on any atom is -0.384 e. The van der Waals surface area contributed by atoms with Gasteiger partial charge in [-0.1, -0.05) is 17.9 Å². The van der Waals surface area contributed by atoms with E-state index in [0.29, 0.717) is 18.4 Å². The Balaban J connectivity index is 2.22. The minimum atomic E-state index is -0.492. The van der Waals surface area contributed by atoms with Crippen molar-refractivity contribution in [2.45, 2.75) is 32.2 Å². The molecule has 0 saturated carbocycles. The zero-order chi connectivity index (χ0) is 15.2. The third-order valence-electron chi connectivity index (χ3n) is 3.31. The molecular weight excluding hydrogens is 273 g/mol. The van der Waals surface area contributed by atoms with Crippen LogP contribution in [0.4, 0.5) is 4.39 Å². The highest BCUT2D eigenvalue weighted by atomic mass is 19.1. The molecule has 1 saturated heterocycles. The first-order valence-electron chi connectivity index (χ1n) is 6.83. The van der Waals surface area contributed by atoms with Crippen molar-refractivity contribution in [3.8, 4) is 11.8 Å². The van der Waals surface area contributed by atoms with Crippen LogP contribution >= 0.6 is 0 Å². The second kappa shape index (κ2) is 7.00. The average Bonchev–Trinajstić information content (AvgIpc) is 2.63. The molecular formula is C16H16FNO3. The molecule has 5 heteroatoms. The van der Waals surface area contributed by atoms with Gasteiger partial charge in [-0.25, -0.2) is 4.39 Å². The van der Waals surface area contributed by atoms with Gasteiger partial charge in [0.25, 0.3) is 0 Å². The molecule has 2 amide bonds.